The normalized spacial score (nSPS) is 17.6. The van der Waals surface area contributed by atoms with Gasteiger partial charge in [-0.25, -0.2) is 0 Å². The molecular weight excluding hydrogens is 146 g/mol. The molecule has 60 valence electrons. The summed E-state index contributed by atoms with van der Waals surface area (Å²) in [5.74, 6) is -0.722. The third-order valence-corrected chi connectivity index (χ3v) is 1.66. The molecule has 1 aliphatic heterocycles. The molecule has 0 atom stereocenters. The number of rotatable bonds is 2. The Bertz CT molecular complexity index is 242. The summed E-state index contributed by atoms with van der Waals surface area (Å²) in [4.78, 5) is 21.7. The van der Waals surface area contributed by atoms with Gasteiger partial charge in [0.2, 0.25) is 0 Å². The maximum atomic E-state index is 10.9. The molecule has 2 amide bonds. The molecule has 1 heterocycles. The number of carbonyl (C=O) groups is 2. The summed E-state index contributed by atoms with van der Waals surface area (Å²) in [7, 11) is 0. The van der Waals surface area contributed by atoms with Gasteiger partial charge in [0.1, 0.15) is 0 Å². The molecule has 0 aliphatic carbocycles. The van der Waals surface area contributed by atoms with Gasteiger partial charge >= 0.3 is 0 Å². The molecule has 0 aromatic heterocycles. The Morgan fingerprint density at radius 3 is 2.36 bits per heavy atom. The van der Waals surface area contributed by atoms with Crippen LogP contribution in [0.5, 0.6) is 0 Å². The summed E-state index contributed by atoms with van der Waals surface area (Å²) in [5.41, 5.74) is 0.821. The van der Waals surface area contributed by atoms with E-state index in [4.69, 9.17) is 5.11 Å². The highest BCUT2D eigenvalue weighted by Gasteiger charge is 2.25. The Labute approximate surface area is 63.9 Å². The van der Waals surface area contributed by atoms with Crippen LogP contribution < -0.4 is 5.32 Å². The molecule has 4 nitrogen and oxygen atoms in total. The first kappa shape index (κ1) is 7.94. The van der Waals surface area contributed by atoms with E-state index in [1.54, 1.807) is 6.92 Å². The van der Waals surface area contributed by atoms with Crippen LogP contribution in [0, 0.1) is 0 Å². The first-order chi connectivity index (χ1) is 5.16. The molecule has 0 spiro atoms. The second kappa shape index (κ2) is 2.84. The number of hydrogen-bond acceptors (Lipinski definition) is 3. The first-order valence-electron chi connectivity index (χ1n) is 3.33. The quantitative estimate of drug-likeness (QED) is 0.520. The molecule has 0 saturated carbocycles. The standard InChI is InChI=1S/C7H9NO3/c1-4-5(2-3-9)7(11)8-6(4)10/h9H,2-3H2,1H3,(H,8,10,11). The third-order valence-electron chi connectivity index (χ3n) is 1.66. The molecule has 1 rings (SSSR count). The largest absolute Gasteiger partial charge is 0.396 e. The molecule has 0 saturated heterocycles. The maximum Gasteiger partial charge on any atom is 0.254 e. The summed E-state index contributed by atoms with van der Waals surface area (Å²) in [5, 5.41) is 10.7. The number of aliphatic hydroxyl groups excluding tert-OH is 1. The van der Waals surface area contributed by atoms with Crippen molar-refractivity contribution in [3.63, 3.8) is 0 Å². The van der Waals surface area contributed by atoms with Crippen molar-refractivity contribution in [1.29, 1.82) is 0 Å². The van der Waals surface area contributed by atoms with Crippen LogP contribution in [0.4, 0.5) is 0 Å². The fourth-order valence-electron chi connectivity index (χ4n) is 0.992. The van der Waals surface area contributed by atoms with Crippen LogP contribution in [-0.4, -0.2) is 23.5 Å². The van der Waals surface area contributed by atoms with Crippen molar-refractivity contribution in [2.45, 2.75) is 13.3 Å². The van der Waals surface area contributed by atoms with Crippen molar-refractivity contribution >= 4 is 11.8 Å². The molecule has 0 fully saturated rings. The Kier molecular flexibility index (Phi) is 2.05. The van der Waals surface area contributed by atoms with Crippen molar-refractivity contribution in [2.75, 3.05) is 6.61 Å². The van der Waals surface area contributed by atoms with E-state index in [1.807, 2.05) is 0 Å². The van der Waals surface area contributed by atoms with Crippen LogP contribution in [0.2, 0.25) is 0 Å². The van der Waals surface area contributed by atoms with E-state index in [0.717, 1.165) is 0 Å². The van der Waals surface area contributed by atoms with Crippen LogP contribution in [0.15, 0.2) is 11.1 Å². The van der Waals surface area contributed by atoms with E-state index in [2.05, 4.69) is 5.32 Å². The fourth-order valence-corrected chi connectivity index (χ4v) is 0.992. The minimum Gasteiger partial charge on any atom is -0.396 e. The van der Waals surface area contributed by atoms with Gasteiger partial charge in [-0.2, -0.15) is 0 Å². The zero-order chi connectivity index (χ0) is 8.43. The number of amides is 2. The predicted octanol–water partition coefficient (Wildman–Crippen LogP) is -0.658. The predicted molar refractivity (Wildman–Crippen MR) is 37.6 cm³/mol. The van der Waals surface area contributed by atoms with Crippen LogP contribution in [-0.2, 0) is 9.59 Å². The van der Waals surface area contributed by atoms with Gasteiger partial charge in [0.15, 0.2) is 0 Å². The molecular formula is C7H9NO3. The molecule has 0 unspecified atom stereocenters. The monoisotopic (exact) mass is 155 g/mol. The highest BCUT2D eigenvalue weighted by molar-refractivity contribution is 6.19. The van der Waals surface area contributed by atoms with Crippen LogP contribution in [0.3, 0.4) is 0 Å². The molecule has 0 aromatic rings. The van der Waals surface area contributed by atoms with E-state index >= 15 is 0 Å². The molecule has 11 heavy (non-hydrogen) atoms. The van der Waals surface area contributed by atoms with Gasteiger partial charge < -0.3 is 5.11 Å². The Morgan fingerprint density at radius 1 is 1.36 bits per heavy atom. The summed E-state index contributed by atoms with van der Waals surface area (Å²) >= 11 is 0. The maximum absolute atomic E-state index is 10.9. The average molecular weight is 155 g/mol. The Hall–Kier alpha value is -1.16. The van der Waals surface area contributed by atoms with Gasteiger partial charge in [-0.05, 0) is 6.92 Å². The van der Waals surface area contributed by atoms with Gasteiger partial charge in [0, 0.05) is 24.2 Å². The molecule has 0 aromatic carbocycles. The van der Waals surface area contributed by atoms with E-state index < -0.39 is 0 Å². The number of hydrogen-bond donors (Lipinski definition) is 2. The Balaban J connectivity index is 2.87. The molecule has 0 bridgehead atoms. The second-order valence-corrected chi connectivity index (χ2v) is 2.36. The van der Waals surface area contributed by atoms with Gasteiger partial charge in [-0.15, -0.1) is 0 Å². The SMILES string of the molecule is CC1=C(CCO)C(=O)NC1=O. The highest BCUT2D eigenvalue weighted by atomic mass is 16.3. The van der Waals surface area contributed by atoms with Gasteiger partial charge in [-0.1, -0.05) is 0 Å². The van der Waals surface area contributed by atoms with Gasteiger partial charge in [-0.3, -0.25) is 14.9 Å². The van der Waals surface area contributed by atoms with Crippen LogP contribution in [0.1, 0.15) is 13.3 Å². The lowest BCUT2D eigenvalue weighted by molar-refractivity contribution is -0.124. The van der Waals surface area contributed by atoms with Crippen molar-refractivity contribution in [3.05, 3.63) is 11.1 Å². The average Bonchev–Trinajstić information content (AvgIpc) is 2.17. The fraction of sp³-hybridized carbons (Fsp3) is 0.429. The highest BCUT2D eigenvalue weighted by Crippen LogP contribution is 2.14. The summed E-state index contributed by atoms with van der Waals surface area (Å²) in [6, 6.07) is 0. The van der Waals surface area contributed by atoms with E-state index in [0.29, 0.717) is 11.1 Å². The zero-order valence-electron chi connectivity index (χ0n) is 6.18. The summed E-state index contributed by atoms with van der Waals surface area (Å²) < 4.78 is 0. The Morgan fingerprint density at radius 2 is 2.00 bits per heavy atom. The first-order valence-corrected chi connectivity index (χ1v) is 3.33. The summed E-state index contributed by atoms with van der Waals surface area (Å²) in [6.07, 6.45) is 0.253. The molecule has 0 radical (unpaired) electrons. The van der Waals surface area contributed by atoms with Crippen LogP contribution >= 0.6 is 0 Å². The number of nitrogens with one attached hydrogen (secondary N) is 1. The van der Waals surface area contributed by atoms with E-state index in [-0.39, 0.29) is 24.8 Å². The zero-order valence-corrected chi connectivity index (χ0v) is 6.18. The van der Waals surface area contributed by atoms with Crippen molar-refractivity contribution in [3.8, 4) is 0 Å². The minimum absolute atomic E-state index is 0.104. The van der Waals surface area contributed by atoms with Gasteiger partial charge in [0.05, 0.1) is 0 Å². The molecule has 1 aliphatic rings. The van der Waals surface area contributed by atoms with Gasteiger partial charge in [0.25, 0.3) is 11.8 Å². The smallest absolute Gasteiger partial charge is 0.254 e. The lowest BCUT2D eigenvalue weighted by Crippen LogP contribution is -2.23. The number of imide groups is 1. The summed E-state index contributed by atoms with van der Waals surface area (Å²) in [6.45, 7) is 1.47. The van der Waals surface area contributed by atoms with Crippen LogP contribution in [0.25, 0.3) is 0 Å². The lowest BCUT2D eigenvalue weighted by Gasteiger charge is -1.94. The topological polar surface area (TPSA) is 66.4 Å². The lowest BCUT2D eigenvalue weighted by atomic mass is 10.1. The van der Waals surface area contributed by atoms with Crippen molar-refractivity contribution < 1.29 is 14.7 Å². The van der Waals surface area contributed by atoms with E-state index in [1.165, 1.54) is 0 Å². The number of carbonyl (C=O) groups excluding carboxylic acids is 2. The minimum atomic E-state index is -0.374. The third kappa shape index (κ3) is 1.30. The van der Waals surface area contributed by atoms with Crippen molar-refractivity contribution in [1.82, 2.24) is 5.32 Å². The molecule has 2 N–H and O–H groups in total. The van der Waals surface area contributed by atoms with E-state index in [9.17, 15) is 9.59 Å². The number of aliphatic hydroxyl groups is 1. The molecule has 4 heteroatoms. The second-order valence-electron chi connectivity index (χ2n) is 2.36. The van der Waals surface area contributed by atoms with Crippen molar-refractivity contribution in [2.24, 2.45) is 0 Å².